The van der Waals surface area contributed by atoms with Crippen molar-refractivity contribution in [3.63, 3.8) is 0 Å². The predicted octanol–water partition coefficient (Wildman–Crippen LogP) is 4.03. The van der Waals surface area contributed by atoms with E-state index in [0.29, 0.717) is 0 Å². The third kappa shape index (κ3) is 2.78. The number of rotatable bonds is 5. The fourth-order valence-corrected chi connectivity index (χ4v) is 2.70. The fraction of sp³-hybridized carbons (Fsp3) is 0.222. The SMILES string of the molecule is COc1ccccc1[C@@H](C)NCc1cccc2[nH]ccc12. The predicted molar refractivity (Wildman–Crippen MR) is 86.5 cm³/mol. The van der Waals surface area contributed by atoms with Crippen molar-refractivity contribution in [2.45, 2.75) is 19.5 Å². The Morgan fingerprint density at radius 2 is 1.95 bits per heavy atom. The lowest BCUT2D eigenvalue weighted by Crippen LogP contribution is -2.18. The first-order valence-corrected chi connectivity index (χ1v) is 7.21. The Bertz CT molecular complexity index is 733. The highest BCUT2D eigenvalue weighted by atomic mass is 16.5. The molecule has 0 saturated heterocycles. The largest absolute Gasteiger partial charge is 0.496 e. The van der Waals surface area contributed by atoms with Crippen LogP contribution in [0.3, 0.4) is 0 Å². The van der Waals surface area contributed by atoms with Gasteiger partial charge < -0.3 is 15.0 Å². The smallest absolute Gasteiger partial charge is 0.123 e. The lowest BCUT2D eigenvalue weighted by atomic mass is 10.1. The number of aromatic amines is 1. The molecule has 0 bridgehead atoms. The van der Waals surface area contributed by atoms with E-state index in [2.05, 4.69) is 47.6 Å². The van der Waals surface area contributed by atoms with Crippen LogP contribution in [-0.2, 0) is 6.54 Å². The minimum Gasteiger partial charge on any atom is -0.496 e. The molecule has 2 N–H and O–H groups in total. The van der Waals surface area contributed by atoms with E-state index in [9.17, 15) is 0 Å². The summed E-state index contributed by atoms with van der Waals surface area (Å²) in [5.41, 5.74) is 3.66. The summed E-state index contributed by atoms with van der Waals surface area (Å²) >= 11 is 0. The Morgan fingerprint density at radius 3 is 2.81 bits per heavy atom. The number of H-pyrrole nitrogens is 1. The molecule has 2 aromatic carbocycles. The number of ether oxygens (including phenoxy) is 1. The van der Waals surface area contributed by atoms with Crippen LogP contribution in [0.5, 0.6) is 5.75 Å². The zero-order valence-corrected chi connectivity index (χ0v) is 12.4. The first kappa shape index (κ1) is 13.7. The van der Waals surface area contributed by atoms with Crippen LogP contribution >= 0.6 is 0 Å². The first-order chi connectivity index (χ1) is 10.3. The van der Waals surface area contributed by atoms with Gasteiger partial charge in [0.15, 0.2) is 0 Å². The molecule has 0 fully saturated rings. The van der Waals surface area contributed by atoms with Gasteiger partial charge in [0.1, 0.15) is 5.75 Å². The van der Waals surface area contributed by atoms with E-state index in [1.165, 1.54) is 22.0 Å². The average molecular weight is 280 g/mol. The van der Waals surface area contributed by atoms with Crippen LogP contribution in [0.25, 0.3) is 10.9 Å². The van der Waals surface area contributed by atoms with Crippen LogP contribution < -0.4 is 10.1 Å². The Morgan fingerprint density at radius 1 is 1.10 bits per heavy atom. The summed E-state index contributed by atoms with van der Waals surface area (Å²) in [6, 6.07) is 16.9. The Labute approximate surface area is 125 Å². The molecular formula is C18H20N2O. The summed E-state index contributed by atoms with van der Waals surface area (Å²) in [4.78, 5) is 3.25. The topological polar surface area (TPSA) is 37.0 Å². The summed E-state index contributed by atoms with van der Waals surface area (Å²) in [5.74, 6) is 0.928. The number of aromatic nitrogens is 1. The minimum absolute atomic E-state index is 0.232. The maximum atomic E-state index is 5.43. The molecule has 0 spiro atoms. The normalized spacial score (nSPS) is 12.5. The van der Waals surface area contributed by atoms with Crippen molar-refractivity contribution >= 4 is 10.9 Å². The molecule has 3 heteroatoms. The van der Waals surface area contributed by atoms with Crippen molar-refractivity contribution in [3.05, 3.63) is 65.9 Å². The molecule has 0 unspecified atom stereocenters. The van der Waals surface area contributed by atoms with Gasteiger partial charge in [-0.3, -0.25) is 0 Å². The summed E-state index contributed by atoms with van der Waals surface area (Å²) in [7, 11) is 1.71. The van der Waals surface area contributed by atoms with Crippen molar-refractivity contribution < 1.29 is 4.74 Å². The van der Waals surface area contributed by atoms with Crippen molar-refractivity contribution in [2.75, 3.05) is 7.11 Å². The molecule has 1 atom stereocenters. The van der Waals surface area contributed by atoms with E-state index >= 15 is 0 Å². The second kappa shape index (κ2) is 6.02. The molecule has 1 aromatic heterocycles. The molecular weight excluding hydrogens is 260 g/mol. The molecule has 21 heavy (non-hydrogen) atoms. The highest BCUT2D eigenvalue weighted by Crippen LogP contribution is 2.25. The van der Waals surface area contributed by atoms with E-state index in [4.69, 9.17) is 4.74 Å². The molecule has 108 valence electrons. The number of benzene rings is 2. The quantitative estimate of drug-likeness (QED) is 0.740. The molecule has 3 nitrogen and oxygen atoms in total. The highest BCUT2D eigenvalue weighted by molar-refractivity contribution is 5.82. The van der Waals surface area contributed by atoms with Gasteiger partial charge in [0.25, 0.3) is 0 Å². The van der Waals surface area contributed by atoms with E-state index in [1.807, 2.05) is 24.4 Å². The Balaban J connectivity index is 1.77. The summed E-state index contributed by atoms with van der Waals surface area (Å²) < 4.78 is 5.43. The van der Waals surface area contributed by atoms with Crippen molar-refractivity contribution in [1.29, 1.82) is 0 Å². The first-order valence-electron chi connectivity index (χ1n) is 7.21. The average Bonchev–Trinajstić information content (AvgIpc) is 3.01. The third-order valence-electron chi connectivity index (χ3n) is 3.89. The van der Waals surface area contributed by atoms with Gasteiger partial charge in [-0.05, 0) is 30.7 Å². The molecule has 0 aliphatic carbocycles. The van der Waals surface area contributed by atoms with Crippen molar-refractivity contribution in [2.24, 2.45) is 0 Å². The van der Waals surface area contributed by atoms with Gasteiger partial charge in [0.05, 0.1) is 7.11 Å². The van der Waals surface area contributed by atoms with Gasteiger partial charge in [-0.15, -0.1) is 0 Å². The molecule has 0 radical (unpaired) electrons. The maximum Gasteiger partial charge on any atom is 0.123 e. The van der Waals surface area contributed by atoms with Crippen LogP contribution in [0.4, 0.5) is 0 Å². The fourth-order valence-electron chi connectivity index (χ4n) is 2.70. The number of fused-ring (bicyclic) bond motifs is 1. The van der Waals surface area contributed by atoms with Gasteiger partial charge in [-0.25, -0.2) is 0 Å². The lowest BCUT2D eigenvalue weighted by Gasteiger charge is -2.17. The van der Waals surface area contributed by atoms with Crippen LogP contribution in [0.2, 0.25) is 0 Å². The van der Waals surface area contributed by atoms with Gasteiger partial charge in [0, 0.05) is 35.2 Å². The minimum atomic E-state index is 0.232. The standard InChI is InChI=1S/C18H20N2O/c1-13(15-7-3-4-9-18(15)21-2)20-12-14-6-5-8-17-16(14)10-11-19-17/h3-11,13,19-20H,12H2,1-2H3/t13-/m1/s1. The lowest BCUT2D eigenvalue weighted by molar-refractivity contribution is 0.401. The highest BCUT2D eigenvalue weighted by Gasteiger charge is 2.10. The van der Waals surface area contributed by atoms with Crippen LogP contribution in [0, 0.1) is 0 Å². The van der Waals surface area contributed by atoms with Gasteiger partial charge in [-0.1, -0.05) is 30.3 Å². The van der Waals surface area contributed by atoms with E-state index in [1.54, 1.807) is 7.11 Å². The Hall–Kier alpha value is -2.26. The number of para-hydroxylation sites is 1. The van der Waals surface area contributed by atoms with Crippen LogP contribution in [0.15, 0.2) is 54.7 Å². The number of hydrogen-bond donors (Lipinski definition) is 2. The molecule has 3 rings (SSSR count). The van der Waals surface area contributed by atoms with E-state index in [0.717, 1.165) is 12.3 Å². The molecule has 3 aromatic rings. The number of methoxy groups -OCH3 is 1. The molecule has 1 heterocycles. The van der Waals surface area contributed by atoms with Crippen LogP contribution in [-0.4, -0.2) is 12.1 Å². The second-order valence-electron chi connectivity index (χ2n) is 5.20. The van der Waals surface area contributed by atoms with E-state index < -0.39 is 0 Å². The maximum absolute atomic E-state index is 5.43. The monoisotopic (exact) mass is 280 g/mol. The molecule has 0 aliphatic heterocycles. The molecule has 0 saturated carbocycles. The second-order valence-corrected chi connectivity index (χ2v) is 5.20. The zero-order valence-electron chi connectivity index (χ0n) is 12.4. The van der Waals surface area contributed by atoms with Crippen molar-refractivity contribution in [3.8, 4) is 5.75 Å². The molecule has 0 amide bonds. The Kier molecular flexibility index (Phi) is 3.93. The van der Waals surface area contributed by atoms with Crippen molar-refractivity contribution in [1.82, 2.24) is 10.3 Å². The number of nitrogens with one attached hydrogen (secondary N) is 2. The summed E-state index contributed by atoms with van der Waals surface area (Å²) in [6.45, 7) is 2.99. The number of hydrogen-bond acceptors (Lipinski definition) is 2. The zero-order chi connectivity index (χ0) is 14.7. The van der Waals surface area contributed by atoms with E-state index in [-0.39, 0.29) is 6.04 Å². The van der Waals surface area contributed by atoms with Gasteiger partial charge in [0.2, 0.25) is 0 Å². The summed E-state index contributed by atoms with van der Waals surface area (Å²) in [6.07, 6.45) is 1.98. The molecule has 0 aliphatic rings. The van der Waals surface area contributed by atoms with Gasteiger partial charge >= 0.3 is 0 Å². The van der Waals surface area contributed by atoms with Gasteiger partial charge in [-0.2, -0.15) is 0 Å². The third-order valence-corrected chi connectivity index (χ3v) is 3.89. The summed E-state index contributed by atoms with van der Waals surface area (Å²) in [5, 5.41) is 4.85. The van der Waals surface area contributed by atoms with Crippen LogP contribution in [0.1, 0.15) is 24.1 Å².